The van der Waals surface area contributed by atoms with E-state index in [0.29, 0.717) is 13.0 Å². The van der Waals surface area contributed by atoms with E-state index < -0.39 is 17.2 Å². The number of nitrogens with one attached hydrogen (secondary N) is 2. The van der Waals surface area contributed by atoms with Crippen LogP contribution in [0.2, 0.25) is 5.02 Å². The highest BCUT2D eigenvalue weighted by molar-refractivity contribution is 6.31. The van der Waals surface area contributed by atoms with Gasteiger partial charge in [0.15, 0.2) is 0 Å². The zero-order valence-electron chi connectivity index (χ0n) is 11.2. The van der Waals surface area contributed by atoms with Crippen LogP contribution in [0.15, 0.2) is 18.2 Å². The Bertz CT molecular complexity index is 529. The molecular formula is C13H15Cl2F3N2O. The molecule has 1 aromatic rings. The zero-order valence-corrected chi connectivity index (χ0v) is 12.8. The second kappa shape index (κ2) is 6.42. The summed E-state index contributed by atoms with van der Waals surface area (Å²) in [5, 5.41) is 5.20. The first-order valence-electron chi connectivity index (χ1n) is 6.11. The Morgan fingerprint density at radius 3 is 2.62 bits per heavy atom. The highest BCUT2D eigenvalue weighted by Crippen LogP contribution is 2.36. The predicted octanol–water partition coefficient (Wildman–Crippen LogP) is 3.72. The van der Waals surface area contributed by atoms with Crippen molar-refractivity contribution in [2.24, 2.45) is 5.41 Å². The lowest BCUT2D eigenvalue weighted by Crippen LogP contribution is -2.35. The summed E-state index contributed by atoms with van der Waals surface area (Å²) in [5.74, 6) is -0.294. The van der Waals surface area contributed by atoms with Crippen molar-refractivity contribution in [2.75, 3.05) is 18.4 Å². The van der Waals surface area contributed by atoms with Crippen LogP contribution in [-0.4, -0.2) is 19.0 Å². The maximum atomic E-state index is 12.7. The topological polar surface area (TPSA) is 41.1 Å². The maximum absolute atomic E-state index is 12.7. The van der Waals surface area contributed by atoms with Crippen LogP contribution in [0.25, 0.3) is 0 Å². The average Bonchev–Trinajstić information content (AvgIpc) is 2.78. The van der Waals surface area contributed by atoms with Crippen molar-refractivity contribution in [2.45, 2.75) is 19.5 Å². The molecule has 2 rings (SSSR count). The third-order valence-electron chi connectivity index (χ3n) is 3.45. The molecule has 0 aliphatic carbocycles. The maximum Gasteiger partial charge on any atom is 0.417 e. The first-order chi connectivity index (χ1) is 9.22. The number of carbonyl (C=O) groups is 1. The predicted molar refractivity (Wildman–Crippen MR) is 77.9 cm³/mol. The Hall–Kier alpha value is -0.980. The largest absolute Gasteiger partial charge is 0.417 e. The molecule has 1 aliphatic heterocycles. The Balaban J connectivity index is 0.00000220. The summed E-state index contributed by atoms with van der Waals surface area (Å²) < 4.78 is 38.2. The van der Waals surface area contributed by atoms with E-state index in [1.165, 1.54) is 6.07 Å². The quantitative estimate of drug-likeness (QED) is 0.859. The molecule has 1 saturated heterocycles. The fraction of sp³-hybridized carbons (Fsp3) is 0.462. The number of hydrogen-bond donors (Lipinski definition) is 2. The number of hydrogen-bond acceptors (Lipinski definition) is 2. The normalized spacial score (nSPS) is 21.8. The highest BCUT2D eigenvalue weighted by Gasteiger charge is 2.37. The lowest BCUT2D eigenvalue weighted by Gasteiger charge is -2.22. The molecule has 0 radical (unpaired) electrons. The van der Waals surface area contributed by atoms with Crippen molar-refractivity contribution in [1.29, 1.82) is 0 Å². The molecule has 118 valence electrons. The van der Waals surface area contributed by atoms with E-state index in [0.717, 1.165) is 18.7 Å². The number of benzene rings is 1. The van der Waals surface area contributed by atoms with Crippen molar-refractivity contribution in [3.05, 3.63) is 28.8 Å². The van der Waals surface area contributed by atoms with Crippen molar-refractivity contribution in [3.8, 4) is 0 Å². The molecule has 1 aliphatic rings. The van der Waals surface area contributed by atoms with Gasteiger partial charge in [0, 0.05) is 12.2 Å². The van der Waals surface area contributed by atoms with Gasteiger partial charge in [0.05, 0.1) is 16.0 Å². The SMILES string of the molecule is CC1(C(=O)Nc2ccc(Cl)c(C(F)(F)F)c2)CCNC1.Cl. The summed E-state index contributed by atoms with van der Waals surface area (Å²) in [4.78, 5) is 12.1. The minimum atomic E-state index is -4.55. The summed E-state index contributed by atoms with van der Waals surface area (Å²) in [5.41, 5.74) is -1.45. The summed E-state index contributed by atoms with van der Waals surface area (Å²) in [7, 11) is 0. The zero-order chi connectivity index (χ0) is 15.0. The summed E-state index contributed by atoms with van der Waals surface area (Å²) in [6, 6.07) is 3.35. The monoisotopic (exact) mass is 342 g/mol. The van der Waals surface area contributed by atoms with Crippen LogP contribution < -0.4 is 10.6 Å². The van der Waals surface area contributed by atoms with Gasteiger partial charge in [-0.2, -0.15) is 13.2 Å². The van der Waals surface area contributed by atoms with Crippen LogP contribution >= 0.6 is 24.0 Å². The minimum absolute atomic E-state index is 0. The van der Waals surface area contributed by atoms with Crippen LogP contribution in [-0.2, 0) is 11.0 Å². The molecule has 1 amide bonds. The summed E-state index contributed by atoms with van der Waals surface area (Å²) in [6.07, 6.45) is -3.89. The summed E-state index contributed by atoms with van der Waals surface area (Å²) >= 11 is 5.53. The molecule has 0 aromatic heterocycles. The van der Waals surface area contributed by atoms with E-state index >= 15 is 0 Å². The van der Waals surface area contributed by atoms with Gasteiger partial charge in [-0.15, -0.1) is 12.4 Å². The third-order valence-corrected chi connectivity index (χ3v) is 3.78. The fourth-order valence-corrected chi connectivity index (χ4v) is 2.34. The van der Waals surface area contributed by atoms with Crippen molar-refractivity contribution in [1.82, 2.24) is 5.32 Å². The number of carbonyl (C=O) groups excluding carboxylic acids is 1. The lowest BCUT2D eigenvalue weighted by atomic mass is 9.88. The van der Waals surface area contributed by atoms with Crippen LogP contribution in [0.5, 0.6) is 0 Å². The van der Waals surface area contributed by atoms with Crippen LogP contribution in [0, 0.1) is 5.41 Å². The molecule has 8 heteroatoms. The number of amides is 1. The molecule has 1 heterocycles. The van der Waals surface area contributed by atoms with E-state index in [1.54, 1.807) is 6.92 Å². The van der Waals surface area contributed by atoms with Gasteiger partial charge < -0.3 is 10.6 Å². The van der Waals surface area contributed by atoms with Crippen molar-refractivity contribution < 1.29 is 18.0 Å². The first kappa shape index (κ1) is 18.1. The van der Waals surface area contributed by atoms with Gasteiger partial charge in [-0.25, -0.2) is 0 Å². The Morgan fingerprint density at radius 2 is 2.10 bits per heavy atom. The Morgan fingerprint density at radius 1 is 1.43 bits per heavy atom. The van der Waals surface area contributed by atoms with Gasteiger partial charge in [0.1, 0.15) is 0 Å². The highest BCUT2D eigenvalue weighted by atomic mass is 35.5. The van der Waals surface area contributed by atoms with Gasteiger partial charge in [0.25, 0.3) is 0 Å². The molecule has 1 fully saturated rings. The van der Waals surface area contributed by atoms with E-state index in [-0.39, 0.29) is 29.0 Å². The minimum Gasteiger partial charge on any atom is -0.326 e. The van der Waals surface area contributed by atoms with Crippen molar-refractivity contribution >= 4 is 35.6 Å². The molecule has 3 nitrogen and oxygen atoms in total. The van der Waals surface area contributed by atoms with Crippen LogP contribution in [0.1, 0.15) is 18.9 Å². The van der Waals surface area contributed by atoms with Gasteiger partial charge in [0.2, 0.25) is 5.91 Å². The molecule has 21 heavy (non-hydrogen) atoms. The first-order valence-corrected chi connectivity index (χ1v) is 6.49. The molecule has 0 spiro atoms. The molecule has 1 unspecified atom stereocenters. The lowest BCUT2D eigenvalue weighted by molar-refractivity contribution is -0.137. The fourth-order valence-electron chi connectivity index (χ4n) is 2.11. The number of halogens is 5. The Kier molecular flexibility index (Phi) is 5.52. The molecule has 2 N–H and O–H groups in total. The summed E-state index contributed by atoms with van der Waals surface area (Å²) in [6.45, 7) is 3.01. The third kappa shape index (κ3) is 4.02. The Labute approximate surface area is 131 Å². The van der Waals surface area contributed by atoms with E-state index in [4.69, 9.17) is 11.6 Å². The molecular weight excluding hydrogens is 328 g/mol. The van der Waals surface area contributed by atoms with E-state index in [9.17, 15) is 18.0 Å². The molecule has 1 atom stereocenters. The van der Waals surface area contributed by atoms with E-state index in [2.05, 4.69) is 10.6 Å². The van der Waals surface area contributed by atoms with E-state index in [1.807, 2.05) is 0 Å². The molecule has 0 saturated carbocycles. The van der Waals surface area contributed by atoms with Gasteiger partial charge in [-0.05, 0) is 38.1 Å². The average molecular weight is 343 g/mol. The second-order valence-corrected chi connectivity index (χ2v) is 5.54. The number of rotatable bonds is 2. The van der Waals surface area contributed by atoms with Crippen LogP contribution in [0.3, 0.4) is 0 Å². The smallest absolute Gasteiger partial charge is 0.326 e. The standard InChI is InChI=1S/C13H14ClF3N2O.ClH/c1-12(4-5-18-7-12)11(20)19-8-2-3-10(14)9(6-8)13(15,16)17;/h2-3,6,18H,4-5,7H2,1H3,(H,19,20);1H. The van der Waals surface area contributed by atoms with Crippen molar-refractivity contribution in [3.63, 3.8) is 0 Å². The molecule has 1 aromatic carbocycles. The number of alkyl halides is 3. The molecule has 0 bridgehead atoms. The van der Waals surface area contributed by atoms with Gasteiger partial charge in [-0.3, -0.25) is 4.79 Å². The van der Waals surface area contributed by atoms with Gasteiger partial charge in [-0.1, -0.05) is 11.6 Å². The number of anilines is 1. The van der Waals surface area contributed by atoms with Gasteiger partial charge >= 0.3 is 6.18 Å². The second-order valence-electron chi connectivity index (χ2n) is 5.13. The van der Waals surface area contributed by atoms with Crippen LogP contribution in [0.4, 0.5) is 18.9 Å².